The Morgan fingerprint density at radius 2 is 2.14 bits per heavy atom. The van der Waals surface area contributed by atoms with Crippen molar-refractivity contribution in [2.24, 2.45) is 0 Å². The summed E-state index contributed by atoms with van der Waals surface area (Å²) in [5, 5.41) is 3.04. The quantitative estimate of drug-likeness (QED) is 0.760. The van der Waals surface area contributed by atoms with E-state index in [0.717, 1.165) is 31.0 Å². The van der Waals surface area contributed by atoms with Crippen LogP contribution in [0, 0.1) is 0 Å². The van der Waals surface area contributed by atoms with Crippen LogP contribution < -0.4 is 10.2 Å². The van der Waals surface area contributed by atoms with Gasteiger partial charge in [0.05, 0.1) is 18.1 Å². The Kier molecular flexibility index (Phi) is 4.32. The molecule has 0 aliphatic heterocycles. The molecule has 78 valence electrons. The van der Waals surface area contributed by atoms with Gasteiger partial charge in [-0.05, 0) is 13.5 Å². The van der Waals surface area contributed by atoms with Crippen molar-refractivity contribution in [3.63, 3.8) is 0 Å². The Labute approximate surface area is 85.4 Å². The first kappa shape index (κ1) is 10.9. The van der Waals surface area contributed by atoms with Crippen LogP contribution in [0.1, 0.15) is 19.0 Å². The van der Waals surface area contributed by atoms with E-state index in [4.69, 9.17) is 0 Å². The fraction of sp³-hybridized carbons (Fsp3) is 0.600. The molecule has 0 unspecified atom stereocenters. The maximum atomic E-state index is 4.34. The van der Waals surface area contributed by atoms with E-state index in [1.165, 1.54) is 0 Å². The van der Waals surface area contributed by atoms with Crippen molar-refractivity contribution >= 4 is 5.82 Å². The number of aromatic nitrogens is 2. The first-order valence-electron chi connectivity index (χ1n) is 4.94. The van der Waals surface area contributed by atoms with Gasteiger partial charge in [0.25, 0.3) is 0 Å². The lowest BCUT2D eigenvalue weighted by Crippen LogP contribution is -2.19. The second-order valence-corrected chi connectivity index (χ2v) is 3.32. The van der Waals surface area contributed by atoms with E-state index in [-0.39, 0.29) is 0 Å². The van der Waals surface area contributed by atoms with Crippen molar-refractivity contribution in [3.8, 4) is 0 Å². The number of hydrogen-bond acceptors (Lipinski definition) is 4. The van der Waals surface area contributed by atoms with Gasteiger partial charge in [-0.3, -0.25) is 4.98 Å². The lowest BCUT2D eigenvalue weighted by molar-refractivity contribution is 0.776. The van der Waals surface area contributed by atoms with Crippen LogP contribution in [0.4, 0.5) is 5.82 Å². The van der Waals surface area contributed by atoms with Crippen LogP contribution in [0.3, 0.4) is 0 Å². The second kappa shape index (κ2) is 5.54. The third-order valence-electron chi connectivity index (χ3n) is 2.00. The van der Waals surface area contributed by atoms with Crippen molar-refractivity contribution in [2.45, 2.75) is 19.9 Å². The van der Waals surface area contributed by atoms with Gasteiger partial charge in [0, 0.05) is 20.1 Å². The average molecular weight is 194 g/mol. The van der Waals surface area contributed by atoms with Crippen molar-refractivity contribution in [3.05, 3.63) is 18.1 Å². The molecule has 0 amide bonds. The molecule has 1 aromatic heterocycles. The highest BCUT2D eigenvalue weighted by molar-refractivity contribution is 5.34. The average Bonchev–Trinajstić information content (AvgIpc) is 2.20. The normalized spacial score (nSPS) is 10.2. The summed E-state index contributed by atoms with van der Waals surface area (Å²) >= 11 is 0. The summed E-state index contributed by atoms with van der Waals surface area (Å²) in [6.07, 6.45) is 4.76. The van der Waals surface area contributed by atoms with Gasteiger partial charge in [-0.15, -0.1) is 0 Å². The van der Waals surface area contributed by atoms with Crippen LogP contribution in [0.5, 0.6) is 0 Å². The van der Waals surface area contributed by atoms with Crippen LogP contribution >= 0.6 is 0 Å². The first-order chi connectivity index (χ1) is 6.77. The van der Waals surface area contributed by atoms with E-state index in [0.29, 0.717) is 0 Å². The maximum absolute atomic E-state index is 4.34. The minimum atomic E-state index is 0.769. The molecule has 0 aromatic carbocycles. The molecule has 1 rings (SSSR count). The van der Waals surface area contributed by atoms with E-state index in [2.05, 4.69) is 27.1 Å². The van der Waals surface area contributed by atoms with Gasteiger partial charge in [0.1, 0.15) is 5.82 Å². The molecule has 0 aliphatic rings. The summed E-state index contributed by atoms with van der Waals surface area (Å²) in [6, 6.07) is 0. The molecule has 0 aliphatic carbocycles. The molecule has 0 bridgehead atoms. The van der Waals surface area contributed by atoms with Crippen LogP contribution in [-0.2, 0) is 6.54 Å². The molecular formula is C10H18N4. The summed E-state index contributed by atoms with van der Waals surface area (Å²) in [4.78, 5) is 10.8. The molecule has 4 heteroatoms. The molecule has 0 saturated carbocycles. The Balaban J connectivity index is 2.62. The molecular weight excluding hydrogens is 176 g/mol. The largest absolute Gasteiger partial charge is 0.358 e. The molecule has 0 spiro atoms. The van der Waals surface area contributed by atoms with Gasteiger partial charge >= 0.3 is 0 Å². The Hall–Kier alpha value is -1.16. The Bertz CT molecular complexity index is 257. The predicted octanol–water partition coefficient (Wildman–Crippen LogP) is 1.04. The van der Waals surface area contributed by atoms with Gasteiger partial charge in [0.15, 0.2) is 0 Å². The monoisotopic (exact) mass is 194 g/mol. The third kappa shape index (κ3) is 2.96. The van der Waals surface area contributed by atoms with E-state index >= 15 is 0 Å². The van der Waals surface area contributed by atoms with Crippen molar-refractivity contribution in [2.75, 3.05) is 25.5 Å². The van der Waals surface area contributed by atoms with Gasteiger partial charge in [-0.25, -0.2) is 4.98 Å². The highest BCUT2D eigenvalue weighted by atomic mass is 15.2. The SMILES string of the molecule is CCCN(C)c1cnc(CNC)cn1. The van der Waals surface area contributed by atoms with E-state index in [1.807, 2.05) is 26.5 Å². The maximum Gasteiger partial charge on any atom is 0.146 e. The molecule has 0 fully saturated rings. The van der Waals surface area contributed by atoms with Crippen molar-refractivity contribution < 1.29 is 0 Å². The molecule has 14 heavy (non-hydrogen) atoms. The zero-order valence-electron chi connectivity index (χ0n) is 9.12. The van der Waals surface area contributed by atoms with E-state index in [1.54, 1.807) is 0 Å². The van der Waals surface area contributed by atoms with Crippen molar-refractivity contribution in [1.82, 2.24) is 15.3 Å². The van der Waals surface area contributed by atoms with Crippen LogP contribution in [-0.4, -0.2) is 30.6 Å². The molecule has 0 atom stereocenters. The van der Waals surface area contributed by atoms with E-state index in [9.17, 15) is 0 Å². The zero-order chi connectivity index (χ0) is 10.4. The number of anilines is 1. The smallest absolute Gasteiger partial charge is 0.146 e. The molecule has 4 nitrogen and oxygen atoms in total. The van der Waals surface area contributed by atoms with Gasteiger partial charge in [0.2, 0.25) is 0 Å². The minimum Gasteiger partial charge on any atom is -0.358 e. The Morgan fingerprint density at radius 3 is 2.64 bits per heavy atom. The predicted molar refractivity (Wildman–Crippen MR) is 58.4 cm³/mol. The van der Waals surface area contributed by atoms with Crippen LogP contribution in [0.2, 0.25) is 0 Å². The number of nitrogens with one attached hydrogen (secondary N) is 1. The lowest BCUT2D eigenvalue weighted by atomic mass is 10.4. The number of rotatable bonds is 5. The Morgan fingerprint density at radius 1 is 1.36 bits per heavy atom. The van der Waals surface area contributed by atoms with Crippen molar-refractivity contribution in [1.29, 1.82) is 0 Å². The summed E-state index contributed by atoms with van der Waals surface area (Å²) in [5.41, 5.74) is 0.973. The second-order valence-electron chi connectivity index (χ2n) is 3.32. The van der Waals surface area contributed by atoms with Gasteiger partial charge in [-0.1, -0.05) is 6.92 Å². The summed E-state index contributed by atoms with van der Waals surface area (Å²) < 4.78 is 0. The third-order valence-corrected chi connectivity index (χ3v) is 2.00. The highest BCUT2D eigenvalue weighted by Crippen LogP contribution is 2.06. The highest BCUT2D eigenvalue weighted by Gasteiger charge is 2.01. The fourth-order valence-electron chi connectivity index (χ4n) is 1.27. The molecule has 0 radical (unpaired) electrons. The molecule has 1 N–H and O–H groups in total. The number of hydrogen-bond donors (Lipinski definition) is 1. The lowest BCUT2D eigenvalue weighted by Gasteiger charge is -2.16. The molecule has 1 heterocycles. The van der Waals surface area contributed by atoms with Crippen LogP contribution in [0.15, 0.2) is 12.4 Å². The standard InChI is InChI=1S/C10H18N4/c1-4-5-14(3)10-8-12-9(6-11-2)7-13-10/h7-8,11H,4-6H2,1-3H3. The van der Waals surface area contributed by atoms with Gasteiger partial charge < -0.3 is 10.2 Å². The fourth-order valence-corrected chi connectivity index (χ4v) is 1.27. The van der Waals surface area contributed by atoms with E-state index < -0.39 is 0 Å². The van der Waals surface area contributed by atoms with Crippen LogP contribution in [0.25, 0.3) is 0 Å². The first-order valence-corrected chi connectivity index (χ1v) is 4.94. The topological polar surface area (TPSA) is 41.1 Å². The number of nitrogens with zero attached hydrogens (tertiary/aromatic N) is 3. The summed E-state index contributed by atoms with van der Waals surface area (Å²) in [7, 11) is 3.93. The zero-order valence-corrected chi connectivity index (χ0v) is 9.12. The summed E-state index contributed by atoms with van der Waals surface area (Å²) in [6.45, 7) is 3.93. The molecule has 1 aromatic rings. The minimum absolute atomic E-state index is 0.769. The summed E-state index contributed by atoms with van der Waals surface area (Å²) in [5.74, 6) is 0.937. The molecule has 0 saturated heterocycles. The van der Waals surface area contributed by atoms with Gasteiger partial charge in [-0.2, -0.15) is 0 Å².